The molecule has 4 heterocycles. The second-order valence-electron chi connectivity index (χ2n) is 10.4. The van der Waals surface area contributed by atoms with Gasteiger partial charge < -0.3 is 10.6 Å². The van der Waals surface area contributed by atoms with Crippen LogP contribution in [0.4, 0.5) is 15.8 Å². The molecule has 0 aliphatic carbocycles. The first-order valence-corrected chi connectivity index (χ1v) is 12.8. The second kappa shape index (κ2) is 7.49. The van der Waals surface area contributed by atoms with Crippen molar-refractivity contribution in [3.05, 3.63) is 93.8 Å². The molecule has 0 bridgehead atoms. The van der Waals surface area contributed by atoms with Gasteiger partial charge in [-0.05, 0) is 79.9 Å². The van der Waals surface area contributed by atoms with Crippen LogP contribution >= 0.6 is 11.6 Å². The number of benzene rings is 3. The van der Waals surface area contributed by atoms with E-state index in [1.54, 1.807) is 18.2 Å². The van der Waals surface area contributed by atoms with E-state index >= 15 is 0 Å². The number of hydrogen-bond donors (Lipinski definition) is 2. The molecule has 7 rings (SSSR count). The molecule has 4 aliphatic heterocycles. The van der Waals surface area contributed by atoms with Crippen LogP contribution in [0, 0.1) is 18.7 Å². The lowest BCUT2D eigenvalue weighted by Crippen LogP contribution is -2.62. The highest BCUT2D eigenvalue weighted by Crippen LogP contribution is 2.68. The molecule has 2 spiro atoms. The van der Waals surface area contributed by atoms with Crippen molar-refractivity contribution >= 4 is 40.6 Å². The van der Waals surface area contributed by atoms with Gasteiger partial charge in [0.15, 0.2) is 5.78 Å². The molecule has 2 N–H and O–H groups in total. The standard InChI is InChI=1S/C29H23ClFN3O3/c1-15-13-17(30)14-20-24(15)33-27(37)29(20)28(19-5-2-3-6-21(19)32-26(28)36)23(22-7-4-12-34(22)29)25(35)16-8-10-18(31)11-9-16/h2-3,5-6,8-11,13-14,22-23H,4,7,12H2,1H3,(H,32,36)(H,33,37)/t22-,23-,28+,29+/m0/s1. The summed E-state index contributed by atoms with van der Waals surface area (Å²) < 4.78 is 13.8. The number of carbonyl (C=O) groups is 3. The highest BCUT2D eigenvalue weighted by molar-refractivity contribution is 6.31. The van der Waals surface area contributed by atoms with E-state index in [1.165, 1.54) is 24.3 Å². The Morgan fingerprint density at radius 3 is 2.57 bits per heavy atom. The third-order valence-corrected chi connectivity index (χ3v) is 9.00. The zero-order chi connectivity index (χ0) is 25.7. The topological polar surface area (TPSA) is 78.5 Å². The Labute approximate surface area is 217 Å². The van der Waals surface area contributed by atoms with Crippen LogP contribution in [0.2, 0.25) is 5.02 Å². The van der Waals surface area contributed by atoms with Crippen molar-refractivity contribution in [3.63, 3.8) is 0 Å². The van der Waals surface area contributed by atoms with E-state index in [4.69, 9.17) is 11.6 Å². The molecular weight excluding hydrogens is 493 g/mol. The van der Waals surface area contributed by atoms with E-state index in [9.17, 15) is 18.8 Å². The Bertz CT molecular complexity index is 1540. The maximum Gasteiger partial charge on any atom is 0.251 e. The molecule has 0 aromatic heterocycles. The molecule has 4 aliphatic rings. The van der Waals surface area contributed by atoms with Crippen molar-refractivity contribution in [2.24, 2.45) is 5.92 Å². The average molecular weight is 516 g/mol. The third kappa shape index (κ3) is 2.56. The van der Waals surface area contributed by atoms with Crippen LogP contribution < -0.4 is 10.6 Å². The first-order chi connectivity index (χ1) is 17.8. The normalized spacial score (nSPS) is 29.4. The summed E-state index contributed by atoms with van der Waals surface area (Å²) >= 11 is 6.56. The van der Waals surface area contributed by atoms with E-state index in [0.29, 0.717) is 46.1 Å². The van der Waals surface area contributed by atoms with Gasteiger partial charge in [-0.15, -0.1) is 0 Å². The summed E-state index contributed by atoms with van der Waals surface area (Å²) in [7, 11) is 0. The number of rotatable bonds is 2. The summed E-state index contributed by atoms with van der Waals surface area (Å²) in [4.78, 5) is 45.3. The first kappa shape index (κ1) is 22.6. The molecule has 3 aromatic carbocycles. The van der Waals surface area contributed by atoms with Gasteiger partial charge in [-0.1, -0.05) is 29.8 Å². The molecule has 2 amide bonds. The number of halogens is 2. The van der Waals surface area contributed by atoms with Gasteiger partial charge in [0, 0.05) is 33.6 Å². The van der Waals surface area contributed by atoms with E-state index in [0.717, 1.165) is 12.0 Å². The molecule has 4 atom stereocenters. The number of carbonyl (C=O) groups excluding carboxylic acids is 3. The third-order valence-electron chi connectivity index (χ3n) is 8.78. The van der Waals surface area contributed by atoms with Gasteiger partial charge in [-0.2, -0.15) is 0 Å². The number of nitrogens with one attached hydrogen (secondary N) is 2. The molecule has 0 saturated carbocycles. The average Bonchev–Trinajstić information content (AvgIpc) is 3.59. The first-order valence-electron chi connectivity index (χ1n) is 12.4. The summed E-state index contributed by atoms with van der Waals surface area (Å²) in [5.74, 6) is -2.32. The number of anilines is 2. The van der Waals surface area contributed by atoms with Gasteiger partial charge in [0.2, 0.25) is 5.91 Å². The van der Waals surface area contributed by atoms with E-state index in [-0.39, 0.29) is 23.6 Å². The Balaban J connectivity index is 1.60. The quantitative estimate of drug-likeness (QED) is 0.480. The summed E-state index contributed by atoms with van der Waals surface area (Å²) in [5.41, 5.74) is 0.539. The molecule has 37 heavy (non-hydrogen) atoms. The minimum Gasteiger partial charge on any atom is -0.325 e. The van der Waals surface area contributed by atoms with Crippen LogP contribution in [0.5, 0.6) is 0 Å². The number of fused-ring (bicyclic) bond motifs is 7. The lowest BCUT2D eigenvalue weighted by Gasteiger charge is -2.43. The molecule has 3 aromatic rings. The van der Waals surface area contributed by atoms with Crippen molar-refractivity contribution in [2.75, 3.05) is 17.2 Å². The Morgan fingerprint density at radius 1 is 1.03 bits per heavy atom. The SMILES string of the molecule is Cc1cc(Cl)cc2c1NC(=O)[C@]21N2CCC[C@H]2[C@@H](C(=O)c2ccc(F)cc2)[C@]12C(=O)Nc1ccccc12. The zero-order valence-electron chi connectivity index (χ0n) is 20.0. The Morgan fingerprint density at radius 2 is 1.78 bits per heavy atom. The largest absolute Gasteiger partial charge is 0.325 e. The number of hydrogen-bond acceptors (Lipinski definition) is 4. The molecule has 0 unspecified atom stereocenters. The number of nitrogens with zero attached hydrogens (tertiary/aromatic N) is 1. The van der Waals surface area contributed by atoms with Gasteiger partial charge in [0.25, 0.3) is 5.91 Å². The number of para-hydroxylation sites is 1. The van der Waals surface area contributed by atoms with Gasteiger partial charge in [0.1, 0.15) is 16.8 Å². The highest BCUT2D eigenvalue weighted by Gasteiger charge is 2.81. The monoisotopic (exact) mass is 515 g/mol. The number of amides is 2. The predicted octanol–water partition coefficient (Wildman–Crippen LogP) is 4.80. The lowest BCUT2D eigenvalue weighted by atomic mass is 9.57. The van der Waals surface area contributed by atoms with Crippen LogP contribution in [0.1, 0.15) is 39.9 Å². The molecular formula is C29H23ClFN3O3. The smallest absolute Gasteiger partial charge is 0.251 e. The van der Waals surface area contributed by atoms with Gasteiger partial charge in [0.05, 0.1) is 5.92 Å². The molecule has 8 heteroatoms. The van der Waals surface area contributed by atoms with Crippen molar-refractivity contribution in [1.29, 1.82) is 0 Å². The van der Waals surface area contributed by atoms with Crippen molar-refractivity contribution in [3.8, 4) is 0 Å². The maximum atomic E-state index is 14.4. The number of ketones is 1. The van der Waals surface area contributed by atoms with Gasteiger partial charge in [-0.25, -0.2) is 4.39 Å². The van der Waals surface area contributed by atoms with E-state index in [2.05, 4.69) is 15.5 Å². The van der Waals surface area contributed by atoms with Crippen molar-refractivity contribution < 1.29 is 18.8 Å². The minimum atomic E-state index is -1.55. The van der Waals surface area contributed by atoms with E-state index < -0.39 is 22.7 Å². The molecule has 2 saturated heterocycles. The van der Waals surface area contributed by atoms with Crippen molar-refractivity contribution in [2.45, 2.75) is 36.8 Å². The van der Waals surface area contributed by atoms with Gasteiger partial charge >= 0.3 is 0 Å². The maximum absolute atomic E-state index is 14.4. The number of Topliss-reactive ketones (excluding diaryl/α,β-unsaturated/α-hetero) is 1. The fourth-order valence-corrected chi connectivity index (χ4v) is 7.88. The summed E-state index contributed by atoms with van der Waals surface area (Å²) in [5, 5.41) is 6.53. The second-order valence-corrected chi connectivity index (χ2v) is 10.8. The highest BCUT2D eigenvalue weighted by atomic mass is 35.5. The molecule has 6 nitrogen and oxygen atoms in total. The van der Waals surface area contributed by atoms with E-state index in [1.807, 2.05) is 25.1 Å². The van der Waals surface area contributed by atoms with Crippen LogP contribution in [0.3, 0.4) is 0 Å². The number of aryl methyl sites for hydroxylation is 1. The zero-order valence-corrected chi connectivity index (χ0v) is 20.7. The Kier molecular flexibility index (Phi) is 4.58. The van der Waals surface area contributed by atoms with Gasteiger partial charge in [-0.3, -0.25) is 19.3 Å². The predicted molar refractivity (Wildman–Crippen MR) is 137 cm³/mol. The summed E-state index contributed by atoms with van der Waals surface area (Å²) in [6.07, 6.45) is 1.43. The summed E-state index contributed by atoms with van der Waals surface area (Å²) in [6.45, 7) is 2.42. The van der Waals surface area contributed by atoms with Crippen molar-refractivity contribution in [1.82, 2.24) is 4.90 Å². The minimum absolute atomic E-state index is 0.277. The van der Waals surface area contributed by atoms with Crippen LogP contribution in [0.15, 0.2) is 60.7 Å². The molecule has 186 valence electrons. The molecule has 0 radical (unpaired) electrons. The fourth-order valence-electron chi connectivity index (χ4n) is 7.61. The Hall–Kier alpha value is -3.55. The summed E-state index contributed by atoms with van der Waals surface area (Å²) in [6, 6.07) is 15.9. The van der Waals surface area contributed by atoms with Crippen LogP contribution in [0.25, 0.3) is 0 Å². The molecule has 2 fully saturated rings. The lowest BCUT2D eigenvalue weighted by molar-refractivity contribution is -0.137. The van der Waals surface area contributed by atoms with Crippen LogP contribution in [-0.2, 0) is 20.5 Å². The van der Waals surface area contributed by atoms with Crippen LogP contribution in [-0.4, -0.2) is 35.1 Å². The fraction of sp³-hybridized carbons (Fsp3) is 0.276.